The van der Waals surface area contributed by atoms with Gasteiger partial charge in [0.25, 0.3) is 11.5 Å². The van der Waals surface area contributed by atoms with Crippen LogP contribution in [0.5, 0.6) is 5.75 Å². The zero-order valence-corrected chi connectivity index (χ0v) is 19.0. The molecule has 7 heteroatoms. The summed E-state index contributed by atoms with van der Waals surface area (Å²) in [7, 11) is 1.61. The van der Waals surface area contributed by atoms with Crippen molar-refractivity contribution in [2.45, 2.75) is 29.8 Å². The Hall–Kier alpha value is -3.58. The third-order valence-electron chi connectivity index (χ3n) is 5.62. The highest BCUT2D eigenvalue weighted by Crippen LogP contribution is 2.37. The van der Waals surface area contributed by atoms with E-state index in [0.29, 0.717) is 22.4 Å². The fourth-order valence-electron chi connectivity index (χ4n) is 3.66. The van der Waals surface area contributed by atoms with Crippen molar-refractivity contribution in [1.82, 2.24) is 9.55 Å². The second-order valence-electron chi connectivity index (χ2n) is 7.99. The number of anilines is 1. The Morgan fingerprint density at radius 3 is 2.48 bits per heavy atom. The maximum atomic E-state index is 13.0. The van der Waals surface area contributed by atoms with Crippen LogP contribution in [0.15, 0.2) is 82.7 Å². The topological polar surface area (TPSA) is 73.2 Å². The molecule has 1 saturated carbocycles. The fourth-order valence-corrected chi connectivity index (χ4v) is 4.68. The molecule has 0 radical (unpaired) electrons. The van der Waals surface area contributed by atoms with Gasteiger partial charge in [0.15, 0.2) is 5.16 Å². The van der Waals surface area contributed by atoms with E-state index < -0.39 is 0 Å². The average Bonchev–Trinajstić information content (AvgIpc) is 3.69. The summed E-state index contributed by atoms with van der Waals surface area (Å²) in [5.74, 6) is 1.23. The van der Waals surface area contributed by atoms with Gasteiger partial charge >= 0.3 is 0 Å². The minimum Gasteiger partial charge on any atom is -0.497 e. The number of benzene rings is 3. The van der Waals surface area contributed by atoms with Gasteiger partial charge in [-0.25, -0.2) is 4.98 Å². The van der Waals surface area contributed by atoms with Crippen molar-refractivity contribution < 1.29 is 9.53 Å². The van der Waals surface area contributed by atoms with E-state index in [4.69, 9.17) is 9.72 Å². The normalized spacial score (nSPS) is 13.1. The number of hydrogen-bond donors (Lipinski definition) is 1. The van der Waals surface area contributed by atoms with Crippen molar-refractivity contribution in [1.29, 1.82) is 0 Å². The number of hydrogen-bond acceptors (Lipinski definition) is 5. The summed E-state index contributed by atoms with van der Waals surface area (Å²) in [6.45, 7) is 0. The van der Waals surface area contributed by atoms with Crippen LogP contribution >= 0.6 is 11.8 Å². The number of para-hydroxylation sites is 1. The molecule has 0 bridgehead atoms. The van der Waals surface area contributed by atoms with Crippen LogP contribution < -0.4 is 15.6 Å². The molecule has 0 saturated heterocycles. The summed E-state index contributed by atoms with van der Waals surface area (Å²) >= 11 is 1.56. The second-order valence-corrected chi connectivity index (χ2v) is 8.93. The Bertz CT molecular complexity index is 1360. The first kappa shape index (κ1) is 21.3. The number of amides is 1. The van der Waals surface area contributed by atoms with Gasteiger partial charge in [-0.3, -0.25) is 14.2 Å². The average molecular weight is 458 g/mol. The third kappa shape index (κ3) is 4.64. The van der Waals surface area contributed by atoms with E-state index in [9.17, 15) is 9.59 Å². The molecule has 1 heterocycles. The molecule has 1 aromatic heterocycles. The lowest BCUT2D eigenvalue weighted by atomic mass is 10.1. The van der Waals surface area contributed by atoms with Gasteiger partial charge in [-0.2, -0.15) is 0 Å². The van der Waals surface area contributed by atoms with Gasteiger partial charge in [-0.05, 0) is 66.9 Å². The maximum Gasteiger partial charge on any atom is 0.262 e. The molecular weight excluding hydrogens is 434 g/mol. The Balaban J connectivity index is 1.29. The Morgan fingerprint density at radius 1 is 1.06 bits per heavy atom. The van der Waals surface area contributed by atoms with Crippen LogP contribution in [0.25, 0.3) is 10.9 Å². The summed E-state index contributed by atoms with van der Waals surface area (Å²) in [6, 6.07) is 22.5. The molecule has 33 heavy (non-hydrogen) atoms. The number of ether oxygens (including phenoxy) is 1. The Morgan fingerprint density at radius 2 is 1.79 bits per heavy atom. The molecule has 1 N–H and O–H groups in total. The van der Waals surface area contributed by atoms with Crippen LogP contribution in [0, 0.1) is 0 Å². The zero-order chi connectivity index (χ0) is 22.8. The van der Waals surface area contributed by atoms with Gasteiger partial charge in [0, 0.05) is 23.0 Å². The lowest BCUT2D eigenvalue weighted by Gasteiger charge is -2.12. The molecule has 6 nitrogen and oxygen atoms in total. The predicted octanol–water partition coefficient (Wildman–Crippen LogP) is 5.28. The van der Waals surface area contributed by atoms with Gasteiger partial charge in [0.05, 0.1) is 18.0 Å². The molecule has 0 atom stereocenters. The van der Waals surface area contributed by atoms with Crippen molar-refractivity contribution >= 4 is 34.3 Å². The molecule has 1 amide bonds. The number of methoxy groups -OCH3 is 1. The number of carbonyl (C=O) groups excluding carboxylic acids is 1. The SMILES string of the molecule is COc1ccc(NC(=O)c2ccc(CSc3nc4ccccc4c(=O)n3C3CC3)cc2)cc1. The van der Waals surface area contributed by atoms with E-state index in [-0.39, 0.29) is 17.5 Å². The molecule has 1 aliphatic rings. The largest absolute Gasteiger partial charge is 0.497 e. The number of nitrogens with one attached hydrogen (secondary N) is 1. The molecule has 0 unspecified atom stereocenters. The van der Waals surface area contributed by atoms with E-state index in [1.165, 1.54) is 0 Å². The van der Waals surface area contributed by atoms with Crippen LogP contribution in [-0.4, -0.2) is 22.6 Å². The number of carbonyl (C=O) groups is 1. The van der Waals surface area contributed by atoms with E-state index >= 15 is 0 Å². The lowest BCUT2D eigenvalue weighted by molar-refractivity contribution is 0.102. The number of nitrogens with zero attached hydrogens (tertiary/aromatic N) is 2. The van der Waals surface area contributed by atoms with Gasteiger partial charge in [0.2, 0.25) is 0 Å². The van der Waals surface area contributed by atoms with E-state index in [1.54, 1.807) is 43.1 Å². The van der Waals surface area contributed by atoms with Gasteiger partial charge < -0.3 is 10.1 Å². The summed E-state index contributed by atoms with van der Waals surface area (Å²) in [4.78, 5) is 30.3. The Kier molecular flexibility index (Phi) is 5.88. The van der Waals surface area contributed by atoms with E-state index in [0.717, 1.165) is 34.8 Å². The van der Waals surface area contributed by atoms with Crippen LogP contribution in [0.2, 0.25) is 0 Å². The van der Waals surface area contributed by atoms with Crippen LogP contribution in [0.3, 0.4) is 0 Å². The quantitative estimate of drug-likeness (QED) is 0.302. The third-order valence-corrected chi connectivity index (χ3v) is 6.64. The monoisotopic (exact) mass is 457 g/mol. The number of fused-ring (bicyclic) bond motifs is 1. The first-order valence-corrected chi connectivity index (χ1v) is 11.8. The minimum absolute atomic E-state index is 0.0381. The van der Waals surface area contributed by atoms with Crippen molar-refractivity contribution in [3.05, 3.63) is 94.3 Å². The lowest BCUT2D eigenvalue weighted by Crippen LogP contribution is -2.22. The van der Waals surface area contributed by atoms with Gasteiger partial charge in [-0.15, -0.1) is 0 Å². The molecular formula is C26H23N3O3S. The van der Waals surface area contributed by atoms with Gasteiger partial charge in [-0.1, -0.05) is 36.0 Å². The number of aromatic nitrogens is 2. The number of thioether (sulfide) groups is 1. The molecule has 3 aromatic carbocycles. The van der Waals surface area contributed by atoms with Gasteiger partial charge in [0.1, 0.15) is 5.75 Å². The highest BCUT2D eigenvalue weighted by Gasteiger charge is 2.28. The minimum atomic E-state index is -0.168. The molecule has 1 aliphatic carbocycles. The molecule has 4 aromatic rings. The van der Waals surface area contributed by atoms with E-state index in [1.807, 2.05) is 53.1 Å². The summed E-state index contributed by atoms with van der Waals surface area (Å²) in [5.41, 5.74) is 3.12. The smallest absolute Gasteiger partial charge is 0.262 e. The summed E-state index contributed by atoms with van der Waals surface area (Å²) in [6.07, 6.45) is 2.04. The summed E-state index contributed by atoms with van der Waals surface area (Å²) in [5, 5.41) is 4.31. The molecule has 1 fully saturated rings. The number of rotatable bonds is 7. The molecule has 0 aliphatic heterocycles. The highest BCUT2D eigenvalue weighted by molar-refractivity contribution is 7.98. The van der Waals surface area contributed by atoms with Crippen LogP contribution in [-0.2, 0) is 5.75 Å². The van der Waals surface area contributed by atoms with Crippen molar-refractivity contribution in [2.24, 2.45) is 0 Å². The van der Waals surface area contributed by atoms with Crippen molar-refractivity contribution in [3.63, 3.8) is 0 Å². The standard InChI is InChI=1S/C26H23N3O3S/c1-32-21-14-10-19(11-15-21)27-24(30)18-8-6-17(7-9-18)16-33-26-28-23-5-3-2-4-22(23)25(31)29(26)20-12-13-20/h2-11,14-15,20H,12-13,16H2,1H3,(H,27,30). The maximum absolute atomic E-state index is 13.0. The van der Waals surface area contributed by atoms with Crippen LogP contribution in [0.4, 0.5) is 5.69 Å². The van der Waals surface area contributed by atoms with Crippen LogP contribution in [0.1, 0.15) is 34.8 Å². The molecule has 5 rings (SSSR count). The first-order valence-electron chi connectivity index (χ1n) is 10.8. The summed E-state index contributed by atoms with van der Waals surface area (Å²) < 4.78 is 6.99. The predicted molar refractivity (Wildman–Crippen MR) is 131 cm³/mol. The van der Waals surface area contributed by atoms with Crippen molar-refractivity contribution in [3.8, 4) is 5.75 Å². The highest BCUT2D eigenvalue weighted by atomic mass is 32.2. The first-order chi connectivity index (χ1) is 16.1. The van der Waals surface area contributed by atoms with Crippen molar-refractivity contribution in [2.75, 3.05) is 12.4 Å². The molecule has 0 spiro atoms. The molecule has 166 valence electrons. The second kappa shape index (κ2) is 9.11. The fraction of sp³-hybridized carbons (Fsp3) is 0.192. The van der Waals surface area contributed by atoms with E-state index in [2.05, 4.69) is 5.32 Å². The zero-order valence-electron chi connectivity index (χ0n) is 18.2. The Labute approximate surface area is 195 Å².